The Balaban J connectivity index is 1.35. The number of alkyl halides is 3. The van der Waals surface area contributed by atoms with Crippen molar-refractivity contribution in [1.82, 2.24) is 10.2 Å². The molecule has 186 valence electrons. The van der Waals surface area contributed by atoms with Crippen molar-refractivity contribution < 1.29 is 31.9 Å². The van der Waals surface area contributed by atoms with Crippen LogP contribution >= 0.6 is 11.6 Å². The van der Waals surface area contributed by atoms with Crippen LogP contribution in [0.2, 0.25) is 5.02 Å². The molecule has 1 N–H and O–H groups in total. The van der Waals surface area contributed by atoms with E-state index in [2.05, 4.69) is 5.32 Å². The molecule has 0 aliphatic carbocycles. The summed E-state index contributed by atoms with van der Waals surface area (Å²) in [7, 11) is 0. The molecular weight excluding hydrogens is 485 g/mol. The number of rotatable bonds is 7. The maximum atomic E-state index is 15.1. The minimum absolute atomic E-state index is 0.203. The largest absolute Gasteiger partial charge is 0.486 e. The van der Waals surface area contributed by atoms with Crippen LogP contribution in [0.5, 0.6) is 11.5 Å². The van der Waals surface area contributed by atoms with Crippen LogP contribution in [0.1, 0.15) is 17.7 Å². The predicted molar refractivity (Wildman–Crippen MR) is 124 cm³/mol. The average molecular weight is 509 g/mol. The first-order valence-corrected chi connectivity index (χ1v) is 11.8. The first-order valence-electron chi connectivity index (χ1n) is 11.4. The van der Waals surface area contributed by atoms with Crippen molar-refractivity contribution in [3.8, 4) is 11.5 Å². The van der Waals surface area contributed by atoms with Crippen molar-refractivity contribution in [2.45, 2.75) is 31.0 Å². The Kier molecular flexibility index (Phi) is 6.55. The van der Waals surface area contributed by atoms with Gasteiger partial charge in [0, 0.05) is 36.1 Å². The number of ether oxygens (including phenoxy) is 2. The molecule has 0 spiro atoms. The zero-order chi connectivity index (χ0) is 24.6. The van der Waals surface area contributed by atoms with Crippen molar-refractivity contribution in [3.05, 3.63) is 58.8 Å². The van der Waals surface area contributed by atoms with Gasteiger partial charge >= 0.3 is 5.92 Å². The van der Waals surface area contributed by atoms with E-state index < -0.39 is 29.8 Å². The lowest BCUT2D eigenvalue weighted by atomic mass is 10.0. The number of likely N-dealkylation sites (tertiary alicyclic amines) is 1. The van der Waals surface area contributed by atoms with Crippen LogP contribution < -0.4 is 14.8 Å². The van der Waals surface area contributed by atoms with Crippen LogP contribution in [0.3, 0.4) is 0 Å². The molecule has 1 saturated heterocycles. The molecular formula is C25H24ClF3N2O4. The summed E-state index contributed by atoms with van der Waals surface area (Å²) in [5.41, 5.74) is 0.980. The summed E-state index contributed by atoms with van der Waals surface area (Å²) < 4.78 is 60.4. The molecule has 0 bridgehead atoms. The van der Waals surface area contributed by atoms with Crippen molar-refractivity contribution in [3.63, 3.8) is 0 Å². The topological polar surface area (TPSA) is 63.9 Å². The molecule has 3 aromatic rings. The monoisotopic (exact) mass is 508 g/mol. The lowest BCUT2D eigenvalue weighted by Gasteiger charge is -2.26. The van der Waals surface area contributed by atoms with Crippen molar-refractivity contribution in [1.29, 1.82) is 0 Å². The third kappa shape index (κ3) is 5.21. The quantitative estimate of drug-likeness (QED) is 0.500. The van der Waals surface area contributed by atoms with Crippen molar-refractivity contribution >= 4 is 28.5 Å². The number of carbonyl (C=O) groups excluding carboxylic acids is 1. The first-order chi connectivity index (χ1) is 16.8. The minimum atomic E-state index is -3.91. The molecule has 0 unspecified atom stereocenters. The van der Waals surface area contributed by atoms with Gasteiger partial charge in [-0.2, -0.15) is 8.78 Å². The standard InChI is InChI=1S/C25H24ClF3N2O4/c26-17-2-4-20-16(11-17)12-23(35-20)25(28,29)24(32)30-19(14-31-6-5-18(27)13-31)9-15-1-3-21-22(10-15)34-8-7-33-21/h1-4,10-12,18-19H,5-9,13-14H2,(H,30,32)/t18-,19-/m0/s1. The summed E-state index contributed by atoms with van der Waals surface area (Å²) in [6.07, 6.45) is -0.339. The lowest BCUT2D eigenvalue weighted by Crippen LogP contribution is -2.49. The van der Waals surface area contributed by atoms with Gasteiger partial charge in [0.1, 0.15) is 25.0 Å². The highest BCUT2D eigenvalue weighted by atomic mass is 35.5. The van der Waals surface area contributed by atoms with E-state index in [1.54, 1.807) is 18.2 Å². The van der Waals surface area contributed by atoms with Gasteiger partial charge < -0.3 is 19.2 Å². The molecule has 2 atom stereocenters. The number of nitrogens with one attached hydrogen (secondary N) is 1. The highest BCUT2D eigenvalue weighted by Gasteiger charge is 2.45. The summed E-state index contributed by atoms with van der Waals surface area (Å²) in [5.74, 6) is -4.99. The third-order valence-electron chi connectivity index (χ3n) is 6.19. The molecule has 5 rings (SSSR count). The van der Waals surface area contributed by atoms with E-state index in [-0.39, 0.29) is 25.1 Å². The van der Waals surface area contributed by atoms with Crippen molar-refractivity contribution in [2.75, 3.05) is 32.8 Å². The Morgan fingerprint density at radius 2 is 1.94 bits per heavy atom. The molecule has 3 heterocycles. The summed E-state index contributed by atoms with van der Waals surface area (Å²) >= 11 is 5.93. The molecule has 2 aliphatic rings. The average Bonchev–Trinajstić information content (AvgIpc) is 3.44. The molecule has 10 heteroatoms. The second-order valence-corrected chi connectivity index (χ2v) is 9.30. The van der Waals surface area contributed by atoms with E-state index in [9.17, 15) is 9.18 Å². The maximum Gasteiger partial charge on any atom is 0.380 e. The number of carbonyl (C=O) groups is 1. The molecule has 6 nitrogen and oxygen atoms in total. The van der Waals surface area contributed by atoms with E-state index in [1.807, 2.05) is 4.90 Å². The van der Waals surface area contributed by atoms with Crippen molar-refractivity contribution in [2.24, 2.45) is 0 Å². The van der Waals surface area contributed by atoms with Gasteiger partial charge in [-0.3, -0.25) is 9.69 Å². The van der Waals surface area contributed by atoms with Crippen LogP contribution in [-0.2, 0) is 17.1 Å². The van der Waals surface area contributed by atoms with Crippen LogP contribution in [-0.4, -0.2) is 55.9 Å². The molecule has 35 heavy (non-hydrogen) atoms. The third-order valence-corrected chi connectivity index (χ3v) is 6.43. The maximum absolute atomic E-state index is 15.1. The summed E-state index contributed by atoms with van der Waals surface area (Å²) in [6, 6.07) is 10.2. The predicted octanol–water partition coefficient (Wildman–Crippen LogP) is 4.72. The van der Waals surface area contributed by atoms with E-state index in [0.717, 1.165) is 11.6 Å². The number of benzene rings is 2. The smallest absolute Gasteiger partial charge is 0.380 e. The zero-order valence-corrected chi connectivity index (χ0v) is 19.5. The number of nitrogens with zero attached hydrogens (tertiary/aromatic N) is 1. The zero-order valence-electron chi connectivity index (χ0n) is 18.7. The number of amides is 1. The van der Waals surface area contributed by atoms with E-state index >= 15 is 8.78 Å². The van der Waals surface area contributed by atoms with Crippen LogP contribution in [0, 0.1) is 0 Å². The molecule has 0 saturated carbocycles. The fraction of sp³-hybridized carbons (Fsp3) is 0.400. The Hall–Kier alpha value is -2.91. The number of hydrogen-bond donors (Lipinski definition) is 1. The van der Waals surface area contributed by atoms with Gasteiger partial charge in [-0.05, 0) is 54.8 Å². The van der Waals surface area contributed by atoms with Crippen LogP contribution in [0.25, 0.3) is 11.0 Å². The van der Waals surface area contributed by atoms with Gasteiger partial charge in [0.05, 0.1) is 0 Å². The number of hydrogen-bond acceptors (Lipinski definition) is 5. The SMILES string of the molecule is O=C(N[C@@H](Cc1ccc2c(c1)OCCO2)CN1CC[C@H](F)C1)C(F)(F)c1cc2cc(Cl)ccc2o1. The Morgan fingerprint density at radius 1 is 1.14 bits per heavy atom. The molecule has 1 amide bonds. The lowest BCUT2D eigenvalue weighted by molar-refractivity contribution is -0.150. The highest BCUT2D eigenvalue weighted by molar-refractivity contribution is 6.31. The normalized spacial score (nSPS) is 19.1. The van der Waals surface area contributed by atoms with Gasteiger partial charge in [-0.25, -0.2) is 4.39 Å². The summed E-state index contributed by atoms with van der Waals surface area (Å²) in [4.78, 5) is 14.6. The summed E-state index contributed by atoms with van der Waals surface area (Å²) in [6.45, 7) is 1.79. The number of fused-ring (bicyclic) bond motifs is 2. The Bertz CT molecular complexity index is 1230. The highest BCUT2D eigenvalue weighted by Crippen LogP contribution is 2.35. The molecule has 1 aromatic heterocycles. The Morgan fingerprint density at radius 3 is 2.71 bits per heavy atom. The van der Waals surface area contributed by atoms with E-state index in [4.69, 9.17) is 25.5 Å². The van der Waals surface area contributed by atoms with Crippen LogP contribution in [0.15, 0.2) is 46.9 Å². The molecule has 2 aliphatic heterocycles. The van der Waals surface area contributed by atoms with Crippen LogP contribution in [0.4, 0.5) is 13.2 Å². The molecule has 1 fully saturated rings. The fourth-order valence-electron chi connectivity index (χ4n) is 4.48. The first kappa shape index (κ1) is 23.8. The number of halogens is 4. The van der Waals surface area contributed by atoms with E-state index in [0.29, 0.717) is 48.1 Å². The number of furan rings is 1. The minimum Gasteiger partial charge on any atom is -0.486 e. The Labute approximate surface area is 204 Å². The molecule has 2 aromatic carbocycles. The van der Waals surface area contributed by atoms with Gasteiger partial charge in [0.25, 0.3) is 5.91 Å². The van der Waals surface area contributed by atoms with Gasteiger partial charge in [0.15, 0.2) is 17.3 Å². The second kappa shape index (κ2) is 9.62. The van der Waals surface area contributed by atoms with Gasteiger partial charge in [0.2, 0.25) is 0 Å². The van der Waals surface area contributed by atoms with Gasteiger partial charge in [-0.15, -0.1) is 0 Å². The fourth-order valence-corrected chi connectivity index (χ4v) is 4.66. The van der Waals surface area contributed by atoms with E-state index in [1.165, 1.54) is 18.2 Å². The van der Waals surface area contributed by atoms with Gasteiger partial charge in [-0.1, -0.05) is 17.7 Å². The second-order valence-electron chi connectivity index (χ2n) is 8.87. The molecule has 0 radical (unpaired) electrons. The summed E-state index contributed by atoms with van der Waals surface area (Å²) in [5, 5.41) is 3.21.